The molecule has 0 saturated carbocycles. The lowest BCUT2D eigenvalue weighted by atomic mass is 10.0. The van der Waals surface area contributed by atoms with E-state index in [0.29, 0.717) is 61.1 Å². The van der Waals surface area contributed by atoms with E-state index in [-0.39, 0.29) is 42.6 Å². The number of piperidine rings is 1. The van der Waals surface area contributed by atoms with E-state index in [0.717, 1.165) is 17.5 Å². The molecule has 11 nitrogen and oxygen atoms in total. The van der Waals surface area contributed by atoms with Crippen molar-refractivity contribution >= 4 is 47.0 Å². The zero-order chi connectivity index (χ0) is 31.6. The highest BCUT2D eigenvalue weighted by atomic mass is 35.5. The summed E-state index contributed by atoms with van der Waals surface area (Å²) in [6.45, 7) is 7.37. The van der Waals surface area contributed by atoms with E-state index in [1.807, 2.05) is 32.9 Å². The highest BCUT2D eigenvalue weighted by Crippen LogP contribution is 2.29. The summed E-state index contributed by atoms with van der Waals surface area (Å²) in [5, 5.41) is 5.58. The second kappa shape index (κ2) is 12.9. The lowest BCUT2D eigenvalue weighted by Gasteiger charge is -2.29. The predicted octanol–water partition coefficient (Wildman–Crippen LogP) is 4.31. The maximum atomic E-state index is 13.1. The zero-order valence-corrected chi connectivity index (χ0v) is 25.9. The Morgan fingerprint density at radius 2 is 1.89 bits per heavy atom. The Balaban J connectivity index is 1.11. The first-order valence-electron chi connectivity index (χ1n) is 14.8. The van der Waals surface area contributed by atoms with Gasteiger partial charge < -0.3 is 24.6 Å². The van der Waals surface area contributed by atoms with Gasteiger partial charge in [-0.15, -0.1) is 0 Å². The van der Waals surface area contributed by atoms with E-state index < -0.39 is 17.6 Å². The average Bonchev–Trinajstić information content (AvgIpc) is 3.54. The molecule has 0 spiro atoms. The van der Waals surface area contributed by atoms with Crippen molar-refractivity contribution in [2.45, 2.75) is 71.1 Å². The number of benzene rings is 2. The molecule has 3 heterocycles. The number of aryl methyl sites for hydroxylation is 1. The Hall–Kier alpha value is -4.12. The number of nitrogens with one attached hydrogen (secondary N) is 2. The van der Waals surface area contributed by atoms with Gasteiger partial charge in [-0.25, -0.2) is 4.79 Å². The van der Waals surface area contributed by atoms with E-state index >= 15 is 0 Å². The van der Waals surface area contributed by atoms with Crippen molar-refractivity contribution in [1.29, 1.82) is 0 Å². The van der Waals surface area contributed by atoms with Crippen LogP contribution in [-0.2, 0) is 32.1 Å². The minimum Gasteiger partial charge on any atom is -0.493 e. The van der Waals surface area contributed by atoms with Gasteiger partial charge in [0.1, 0.15) is 17.4 Å². The van der Waals surface area contributed by atoms with Crippen molar-refractivity contribution in [3.63, 3.8) is 0 Å². The predicted molar refractivity (Wildman–Crippen MR) is 162 cm³/mol. The van der Waals surface area contributed by atoms with Crippen LogP contribution in [0.15, 0.2) is 36.4 Å². The van der Waals surface area contributed by atoms with Crippen LogP contribution in [0.1, 0.15) is 67.9 Å². The molecule has 0 aromatic heterocycles. The Morgan fingerprint density at radius 3 is 2.64 bits per heavy atom. The summed E-state index contributed by atoms with van der Waals surface area (Å²) in [4.78, 5) is 65.2. The molecule has 234 valence electrons. The number of imide groups is 1. The van der Waals surface area contributed by atoms with Gasteiger partial charge in [-0.05, 0) is 69.4 Å². The van der Waals surface area contributed by atoms with Crippen LogP contribution in [0.3, 0.4) is 0 Å². The Kier molecular flexibility index (Phi) is 9.15. The van der Waals surface area contributed by atoms with Crippen molar-refractivity contribution in [1.82, 2.24) is 15.1 Å². The van der Waals surface area contributed by atoms with E-state index in [1.165, 1.54) is 4.90 Å². The molecule has 2 aromatic rings. The van der Waals surface area contributed by atoms with E-state index in [2.05, 4.69) is 10.6 Å². The van der Waals surface area contributed by atoms with Crippen molar-refractivity contribution in [2.24, 2.45) is 5.92 Å². The lowest BCUT2D eigenvalue weighted by molar-refractivity contribution is -0.137. The number of nitrogens with zero attached hydrogens (tertiary/aromatic N) is 2. The zero-order valence-electron chi connectivity index (χ0n) is 25.1. The van der Waals surface area contributed by atoms with Crippen LogP contribution >= 0.6 is 11.6 Å². The van der Waals surface area contributed by atoms with E-state index in [1.54, 1.807) is 29.2 Å². The quantitative estimate of drug-likeness (QED) is 0.418. The molecule has 0 radical (unpaired) electrons. The fourth-order valence-corrected chi connectivity index (χ4v) is 5.86. The molecule has 0 bridgehead atoms. The van der Waals surface area contributed by atoms with E-state index in [4.69, 9.17) is 21.1 Å². The third kappa shape index (κ3) is 7.68. The maximum absolute atomic E-state index is 13.1. The molecular weight excluding hydrogens is 588 g/mol. The molecule has 2 saturated heterocycles. The van der Waals surface area contributed by atoms with Gasteiger partial charge in [-0.3, -0.25) is 24.5 Å². The summed E-state index contributed by atoms with van der Waals surface area (Å²) in [7, 11) is 0. The number of hydrogen-bond donors (Lipinski definition) is 2. The summed E-state index contributed by atoms with van der Waals surface area (Å²) in [6.07, 6.45) is 1.56. The maximum Gasteiger partial charge on any atom is 0.410 e. The number of likely N-dealkylation sites (tertiary alicyclic amines) is 1. The SMILES string of the molecule is CC(C)(C)OC(=O)N1CCC(COc2cc(Cl)cc(NC(=O)CCc3ccc4c(c3)C(=O)N(C3CCC(=O)NC3=O)C4)c2)C1. The molecule has 2 atom stereocenters. The number of halogens is 1. The fraction of sp³-hybridized carbons (Fsp3) is 0.469. The van der Waals surface area contributed by atoms with Crippen LogP contribution in [0.4, 0.5) is 10.5 Å². The van der Waals surface area contributed by atoms with Gasteiger partial charge in [0.2, 0.25) is 17.7 Å². The second-order valence-electron chi connectivity index (χ2n) is 12.5. The molecule has 2 unspecified atom stereocenters. The van der Waals surface area contributed by atoms with Crippen LogP contribution in [-0.4, -0.2) is 70.9 Å². The first-order valence-corrected chi connectivity index (χ1v) is 15.2. The molecule has 44 heavy (non-hydrogen) atoms. The highest BCUT2D eigenvalue weighted by molar-refractivity contribution is 6.31. The van der Waals surface area contributed by atoms with E-state index in [9.17, 15) is 24.0 Å². The first-order chi connectivity index (χ1) is 20.8. The van der Waals surface area contributed by atoms with Crippen molar-refractivity contribution in [3.05, 3.63) is 58.1 Å². The summed E-state index contributed by atoms with van der Waals surface area (Å²) in [6, 6.07) is 9.87. The number of hydrogen-bond acceptors (Lipinski definition) is 7. The number of anilines is 1. The molecule has 3 aliphatic rings. The standard InChI is InChI=1S/C32H37ClN4O7/c1-32(2,3)44-31(42)36-11-10-20(16-36)18-43-24-14-22(33)13-23(15-24)34-27(38)8-5-19-4-6-21-17-37(30(41)25(21)12-19)26-7-9-28(39)35-29(26)40/h4,6,12-15,20,26H,5,7-11,16-18H2,1-3H3,(H,34,38)(H,35,39,40). The molecule has 5 rings (SSSR count). The summed E-state index contributed by atoms with van der Waals surface area (Å²) < 4.78 is 11.4. The molecule has 2 aromatic carbocycles. The number of carbonyl (C=O) groups excluding carboxylic acids is 5. The normalized spacial score (nSPS) is 20.0. The molecule has 2 fully saturated rings. The molecular formula is C32H37ClN4O7. The van der Waals surface area contributed by atoms with Gasteiger partial charge in [0, 0.05) is 60.7 Å². The van der Waals surface area contributed by atoms with Gasteiger partial charge in [0.25, 0.3) is 5.91 Å². The minimum absolute atomic E-state index is 0.148. The number of rotatable bonds is 8. The van der Waals surface area contributed by atoms with Crippen LogP contribution < -0.4 is 15.4 Å². The Labute approximate surface area is 261 Å². The largest absolute Gasteiger partial charge is 0.493 e. The Morgan fingerprint density at radius 1 is 1.09 bits per heavy atom. The smallest absolute Gasteiger partial charge is 0.410 e. The van der Waals surface area contributed by atoms with Crippen LogP contribution in [0.25, 0.3) is 0 Å². The van der Waals surface area contributed by atoms with Gasteiger partial charge in [0.05, 0.1) is 6.61 Å². The van der Waals surface area contributed by atoms with Crippen LogP contribution in [0.2, 0.25) is 5.02 Å². The second-order valence-corrected chi connectivity index (χ2v) is 12.9. The molecule has 3 aliphatic heterocycles. The van der Waals surface area contributed by atoms with Crippen molar-refractivity contribution in [3.8, 4) is 5.75 Å². The lowest BCUT2D eigenvalue weighted by Crippen LogP contribution is -2.52. The number of ether oxygens (including phenoxy) is 2. The van der Waals surface area contributed by atoms with Crippen LogP contribution in [0, 0.1) is 5.92 Å². The Bertz CT molecular complexity index is 1490. The first kappa shape index (κ1) is 31.3. The van der Waals surface area contributed by atoms with Gasteiger partial charge in [-0.2, -0.15) is 0 Å². The van der Waals surface area contributed by atoms with Crippen molar-refractivity contribution < 1.29 is 33.4 Å². The summed E-state index contributed by atoms with van der Waals surface area (Å²) in [5.41, 5.74) is 2.11. The van der Waals surface area contributed by atoms with Gasteiger partial charge in [-0.1, -0.05) is 23.7 Å². The molecule has 0 aliphatic carbocycles. The molecule has 5 amide bonds. The van der Waals surface area contributed by atoms with Crippen molar-refractivity contribution in [2.75, 3.05) is 25.0 Å². The van der Waals surface area contributed by atoms with Crippen LogP contribution in [0.5, 0.6) is 5.75 Å². The number of carbonyl (C=O) groups is 5. The van der Waals surface area contributed by atoms with Gasteiger partial charge in [0.15, 0.2) is 0 Å². The highest BCUT2D eigenvalue weighted by Gasteiger charge is 2.39. The third-order valence-electron chi connectivity index (χ3n) is 7.81. The minimum atomic E-state index is -0.668. The molecule has 12 heteroatoms. The van der Waals surface area contributed by atoms with Gasteiger partial charge >= 0.3 is 6.09 Å². The summed E-state index contributed by atoms with van der Waals surface area (Å²) in [5.74, 6) is -0.579. The topological polar surface area (TPSA) is 134 Å². The number of amides is 5. The number of fused-ring (bicyclic) bond motifs is 1. The fourth-order valence-electron chi connectivity index (χ4n) is 5.63. The summed E-state index contributed by atoms with van der Waals surface area (Å²) >= 11 is 6.30. The monoisotopic (exact) mass is 624 g/mol. The molecule has 2 N–H and O–H groups in total. The third-order valence-corrected chi connectivity index (χ3v) is 8.03. The average molecular weight is 625 g/mol.